The van der Waals surface area contributed by atoms with Gasteiger partial charge in [-0.2, -0.15) is 25.3 Å². The normalized spacial score (nSPS) is 13.2. The van der Waals surface area contributed by atoms with Crippen LogP contribution in [0.5, 0.6) is 0 Å². The lowest BCUT2D eigenvalue weighted by atomic mass is 10.2. The second kappa shape index (κ2) is 6.50. The van der Waals surface area contributed by atoms with Crippen LogP contribution < -0.4 is 4.48 Å². The van der Waals surface area contributed by atoms with Crippen LogP contribution in [-0.2, 0) is 4.74 Å². The van der Waals surface area contributed by atoms with Crippen LogP contribution in [0.4, 0.5) is 5.69 Å². The van der Waals surface area contributed by atoms with E-state index in [1.165, 1.54) is 0 Å². The summed E-state index contributed by atoms with van der Waals surface area (Å²) >= 11 is 8.30. The number of rotatable bonds is 5. The predicted molar refractivity (Wildman–Crippen MR) is 82.9 cm³/mol. The molecule has 1 aromatic carbocycles. The molecule has 0 saturated carbocycles. The molecular formula is C13H20NO2S2+. The molecule has 3 nitrogen and oxygen atoms in total. The lowest BCUT2D eigenvalue weighted by Gasteiger charge is -2.23. The second-order valence-electron chi connectivity index (χ2n) is 4.99. The van der Waals surface area contributed by atoms with Crippen LogP contribution in [0.3, 0.4) is 0 Å². The minimum atomic E-state index is -0.316. The summed E-state index contributed by atoms with van der Waals surface area (Å²) in [5, 5.41) is -0.0252. The number of hydrogen-bond donors (Lipinski definition) is 2. The number of quaternary nitrogens is 1. The fraction of sp³-hybridized carbons (Fsp3) is 0.462. The Balaban J connectivity index is 2.65. The Labute approximate surface area is 120 Å². The van der Waals surface area contributed by atoms with E-state index in [2.05, 4.69) is 46.4 Å². The van der Waals surface area contributed by atoms with Gasteiger partial charge in [0.1, 0.15) is 12.3 Å². The lowest BCUT2D eigenvalue weighted by molar-refractivity contribution is 0.0512. The molecule has 0 aliphatic rings. The maximum atomic E-state index is 11.7. The summed E-state index contributed by atoms with van der Waals surface area (Å²) in [6, 6.07) is 7.45. The van der Waals surface area contributed by atoms with Crippen LogP contribution in [0.2, 0.25) is 0 Å². The van der Waals surface area contributed by atoms with E-state index in [0.29, 0.717) is 15.8 Å². The first-order valence-electron chi connectivity index (χ1n) is 5.72. The molecule has 0 aromatic heterocycles. The van der Waals surface area contributed by atoms with Gasteiger partial charge in [-0.1, -0.05) is 0 Å². The number of nitrogens with zero attached hydrogens (tertiary/aromatic N) is 1. The molecular weight excluding hydrogens is 266 g/mol. The molecule has 100 valence electrons. The van der Waals surface area contributed by atoms with Gasteiger partial charge in [-0.3, -0.25) is 4.48 Å². The van der Waals surface area contributed by atoms with E-state index in [4.69, 9.17) is 4.74 Å². The van der Waals surface area contributed by atoms with E-state index in [1.54, 1.807) is 12.1 Å². The van der Waals surface area contributed by atoms with E-state index < -0.39 is 0 Å². The van der Waals surface area contributed by atoms with E-state index in [-0.39, 0.29) is 17.8 Å². The highest BCUT2D eigenvalue weighted by Gasteiger charge is 2.14. The molecule has 0 amide bonds. The molecule has 0 aliphatic heterocycles. The Hall–Kier alpha value is -0.650. The molecule has 1 rings (SSSR count). The van der Waals surface area contributed by atoms with Gasteiger partial charge in [0, 0.05) is 11.0 Å². The molecule has 0 aliphatic carbocycles. The monoisotopic (exact) mass is 286 g/mol. The van der Waals surface area contributed by atoms with Crippen molar-refractivity contribution in [3.05, 3.63) is 29.8 Å². The SMILES string of the molecule is C[N+](C)(C)c1ccc(C(=O)OCC(S)CS)cc1. The van der Waals surface area contributed by atoms with Crippen molar-refractivity contribution in [2.75, 3.05) is 33.5 Å². The van der Waals surface area contributed by atoms with Crippen molar-refractivity contribution in [3.63, 3.8) is 0 Å². The van der Waals surface area contributed by atoms with E-state index in [1.807, 2.05) is 12.1 Å². The van der Waals surface area contributed by atoms with Gasteiger partial charge in [-0.25, -0.2) is 4.79 Å². The summed E-state index contributed by atoms with van der Waals surface area (Å²) in [5.74, 6) is 0.264. The van der Waals surface area contributed by atoms with Crippen LogP contribution in [0.25, 0.3) is 0 Å². The molecule has 0 radical (unpaired) electrons. The molecule has 1 atom stereocenters. The average molecular weight is 286 g/mol. The minimum Gasteiger partial charge on any atom is -0.461 e. The molecule has 0 bridgehead atoms. The third-order valence-electron chi connectivity index (χ3n) is 2.50. The first-order chi connectivity index (χ1) is 8.34. The lowest BCUT2D eigenvalue weighted by Crippen LogP contribution is -2.34. The third kappa shape index (κ3) is 4.55. The first-order valence-corrected chi connectivity index (χ1v) is 6.87. The van der Waals surface area contributed by atoms with E-state index >= 15 is 0 Å². The van der Waals surface area contributed by atoms with Gasteiger partial charge in [-0.15, -0.1) is 0 Å². The van der Waals surface area contributed by atoms with E-state index in [9.17, 15) is 4.79 Å². The standard InChI is InChI=1S/C13H19NO2S2/c1-14(2,3)11-6-4-10(5-7-11)13(15)16-8-12(18)9-17/h4-7,12H,8-9H2,1-3H3,(H-,17,18)/p+1. The van der Waals surface area contributed by atoms with Crippen molar-refractivity contribution in [1.29, 1.82) is 0 Å². The van der Waals surface area contributed by atoms with Crippen molar-refractivity contribution in [3.8, 4) is 0 Å². The van der Waals surface area contributed by atoms with Gasteiger partial charge in [0.15, 0.2) is 0 Å². The Morgan fingerprint density at radius 3 is 2.28 bits per heavy atom. The Morgan fingerprint density at radius 1 is 1.28 bits per heavy atom. The Kier molecular flexibility index (Phi) is 5.56. The summed E-state index contributed by atoms with van der Waals surface area (Å²) in [6.45, 7) is 0.280. The van der Waals surface area contributed by atoms with Crippen LogP contribution in [-0.4, -0.2) is 44.7 Å². The number of carbonyl (C=O) groups excluding carboxylic acids is 1. The van der Waals surface area contributed by atoms with Crippen molar-refractivity contribution in [2.45, 2.75) is 5.25 Å². The summed E-state index contributed by atoms with van der Waals surface area (Å²) in [5.41, 5.74) is 1.70. The zero-order chi connectivity index (χ0) is 13.8. The number of carbonyl (C=O) groups is 1. The first kappa shape index (κ1) is 15.4. The van der Waals surface area contributed by atoms with Crippen LogP contribution in [0.1, 0.15) is 10.4 Å². The predicted octanol–water partition coefficient (Wildman–Crippen LogP) is 2.27. The van der Waals surface area contributed by atoms with E-state index in [0.717, 1.165) is 5.69 Å². The molecule has 18 heavy (non-hydrogen) atoms. The molecule has 0 spiro atoms. The molecule has 0 fully saturated rings. The fourth-order valence-electron chi connectivity index (χ4n) is 1.35. The van der Waals surface area contributed by atoms with Crippen molar-refractivity contribution in [1.82, 2.24) is 4.48 Å². The Morgan fingerprint density at radius 2 is 1.83 bits per heavy atom. The molecule has 0 saturated heterocycles. The third-order valence-corrected chi connectivity index (χ3v) is 3.56. The van der Waals surface area contributed by atoms with Crippen molar-refractivity contribution < 1.29 is 9.53 Å². The van der Waals surface area contributed by atoms with Gasteiger partial charge in [0.25, 0.3) is 0 Å². The topological polar surface area (TPSA) is 26.3 Å². The summed E-state index contributed by atoms with van der Waals surface area (Å²) < 4.78 is 5.85. The van der Waals surface area contributed by atoms with Gasteiger partial charge in [0.2, 0.25) is 0 Å². The zero-order valence-corrected chi connectivity index (χ0v) is 12.7. The highest BCUT2D eigenvalue weighted by Crippen LogP contribution is 2.17. The highest BCUT2D eigenvalue weighted by molar-refractivity contribution is 7.84. The maximum absolute atomic E-state index is 11.7. The molecule has 1 unspecified atom stereocenters. The molecule has 5 heteroatoms. The smallest absolute Gasteiger partial charge is 0.338 e. The summed E-state index contributed by atoms with van der Waals surface area (Å²) in [6.07, 6.45) is 0. The minimum absolute atomic E-state index is 0.0252. The quantitative estimate of drug-likeness (QED) is 0.493. The van der Waals surface area contributed by atoms with Crippen LogP contribution >= 0.6 is 25.3 Å². The fourth-order valence-corrected chi connectivity index (χ4v) is 1.53. The van der Waals surface area contributed by atoms with Gasteiger partial charge in [-0.05, 0) is 24.3 Å². The number of ether oxygens (including phenoxy) is 1. The van der Waals surface area contributed by atoms with Crippen LogP contribution in [0, 0.1) is 0 Å². The van der Waals surface area contributed by atoms with Gasteiger partial charge >= 0.3 is 5.97 Å². The number of esters is 1. The van der Waals surface area contributed by atoms with Crippen LogP contribution in [0.15, 0.2) is 24.3 Å². The number of benzene rings is 1. The molecule has 0 heterocycles. The number of thiol groups is 2. The molecule has 0 N–H and O–H groups in total. The number of hydrogen-bond acceptors (Lipinski definition) is 4. The van der Waals surface area contributed by atoms with Crippen molar-refractivity contribution in [2.24, 2.45) is 0 Å². The summed E-state index contributed by atoms with van der Waals surface area (Å²) in [4.78, 5) is 11.7. The van der Waals surface area contributed by atoms with Gasteiger partial charge in [0.05, 0.1) is 26.7 Å². The Bertz CT molecular complexity index is 398. The molecule has 1 aromatic rings. The average Bonchev–Trinajstić information content (AvgIpc) is 2.34. The van der Waals surface area contributed by atoms with Gasteiger partial charge < -0.3 is 4.74 Å². The zero-order valence-electron chi connectivity index (χ0n) is 11.0. The second-order valence-corrected chi connectivity index (χ2v) is 6.09. The summed E-state index contributed by atoms with van der Waals surface area (Å²) in [7, 11) is 6.22. The van der Waals surface area contributed by atoms with Crippen molar-refractivity contribution >= 4 is 36.9 Å². The largest absolute Gasteiger partial charge is 0.461 e. The highest BCUT2D eigenvalue weighted by atomic mass is 32.1. The maximum Gasteiger partial charge on any atom is 0.338 e.